The van der Waals surface area contributed by atoms with Gasteiger partial charge in [-0.05, 0) is 33.7 Å². The molecule has 0 aromatic carbocycles. The van der Waals surface area contributed by atoms with Gasteiger partial charge in [0.05, 0.1) is 18.8 Å². The van der Waals surface area contributed by atoms with Gasteiger partial charge in [-0.3, -0.25) is 0 Å². The Morgan fingerprint density at radius 1 is 1.44 bits per heavy atom. The molecule has 4 heteroatoms. The summed E-state index contributed by atoms with van der Waals surface area (Å²) < 4.78 is 5.46. The van der Waals surface area contributed by atoms with Gasteiger partial charge in [-0.15, -0.1) is 0 Å². The van der Waals surface area contributed by atoms with Crippen molar-refractivity contribution >= 4 is 0 Å². The van der Waals surface area contributed by atoms with Crippen molar-refractivity contribution in [1.82, 2.24) is 4.90 Å². The van der Waals surface area contributed by atoms with E-state index in [0.29, 0.717) is 13.2 Å². The van der Waals surface area contributed by atoms with Crippen molar-refractivity contribution in [3.8, 4) is 0 Å². The molecule has 4 nitrogen and oxygen atoms in total. The van der Waals surface area contributed by atoms with Crippen molar-refractivity contribution in [2.24, 2.45) is 5.41 Å². The van der Waals surface area contributed by atoms with E-state index in [1.807, 2.05) is 7.05 Å². The summed E-state index contributed by atoms with van der Waals surface area (Å²) in [5, 5.41) is 19.3. The highest BCUT2D eigenvalue weighted by atomic mass is 16.5. The molecule has 1 aliphatic rings. The van der Waals surface area contributed by atoms with Crippen LogP contribution in [0.4, 0.5) is 0 Å². The molecule has 1 aliphatic heterocycles. The van der Waals surface area contributed by atoms with Crippen LogP contribution in [0.5, 0.6) is 0 Å². The fraction of sp³-hybridized carbons (Fsp3) is 1.00. The standard InChI is InChI=1S/C12H25NO3/c1-11(2,15)7-13(3)8-12(9-14)5-4-6-16-10-12/h14-15H,4-10H2,1-3H3. The highest BCUT2D eigenvalue weighted by molar-refractivity contribution is 4.85. The number of aliphatic hydroxyl groups excluding tert-OH is 1. The number of aliphatic hydroxyl groups is 2. The second-order valence-electron chi connectivity index (χ2n) is 5.80. The van der Waals surface area contributed by atoms with Crippen molar-refractivity contribution in [2.45, 2.75) is 32.3 Å². The monoisotopic (exact) mass is 231 g/mol. The molecule has 0 radical (unpaired) electrons. The van der Waals surface area contributed by atoms with Gasteiger partial charge in [0, 0.05) is 25.1 Å². The van der Waals surface area contributed by atoms with Crippen LogP contribution < -0.4 is 0 Å². The molecule has 0 aromatic rings. The summed E-state index contributed by atoms with van der Waals surface area (Å²) in [7, 11) is 1.98. The number of nitrogens with zero attached hydrogens (tertiary/aromatic N) is 1. The molecule has 1 fully saturated rings. The molecule has 1 heterocycles. The van der Waals surface area contributed by atoms with Crippen LogP contribution in [0.15, 0.2) is 0 Å². The van der Waals surface area contributed by atoms with Gasteiger partial charge >= 0.3 is 0 Å². The molecule has 96 valence electrons. The lowest BCUT2D eigenvalue weighted by molar-refractivity contribution is -0.0609. The fourth-order valence-electron chi connectivity index (χ4n) is 2.50. The molecule has 16 heavy (non-hydrogen) atoms. The smallest absolute Gasteiger partial charge is 0.0718 e. The predicted octanol–water partition coefficient (Wildman–Crippen LogP) is 0.478. The zero-order chi connectivity index (χ0) is 12.2. The Labute approximate surface area is 98.2 Å². The molecule has 0 aliphatic carbocycles. The van der Waals surface area contributed by atoms with Crippen LogP contribution in [0.1, 0.15) is 26.7 Å². The highest BCUT2D eigenvalue weighted by Gasteiger charge is 2.34. The molecule has 0 bridgehead atoms. The zero-order valence-corrected chi connectivity index (χ0v) is 10.7. The summed E-state index contributed by atoms with van der Waals surface area (Å²) in [5.74, 6) is 0. The lowest BCUT2D eigenvalue weighted by Gasteiger charge is -2.39. The average molecular weight is 231 g/mol. The molecule has 1 atom stereocenters. The van der Waals surface area contributed by atoms with Gasteiger partial charge in [0.15, 0.2) is 0 Å². The lowest BCUT2D eigenvalue weighted by Crippen LogP contribution is -2.47. The first-order chi connectivity index (χ1) is 7.37. The summed E-state index contributed by atoms with van der Waals surface area (Å²) in [6.45, 7) is 6.56. The molecule has 0 aromatic heterocycles. The van der Waals surface area contributed by atoms with E-state index in [0.717, 1.165) is 26.0 Å². The fourth-order valence-corrected chi connectivity index (χ4v) is 2.50. The van der Waals surface area contributed by atoms with Crippen molar-refractivity contribution in [3.63, 3.8) is 0 Å². The van der Waals surface area contributed by atoms with Crippen molar-refractivity contribution in [1.29, 1.82) is 0 Å². The maximum absolute atomic E-state index is 9.74. The first-order valence-corrected chi connectivity index (χ1v) is 5.96. The molecule has 2 N–H and O–H groups in total. The van der Waals surface area contributed by atoms with E-state index < -0.39 is 5.60 Å². The normalized spacial score (nSPS) is 27.4. The van der Waals surface area contributed by atoms with Crippen LogP contribution in [0, 0.1) is 5.41 Å². The minimum absolute atomic E-state index is 0.141. The minimum Gasteiger partial charge on any atom is -0.396 e. The Morgan fingerprint density at radius 3 is 2.56 bits per heavy atom. The van der Waals surface area contributed by atoms with Crippen LogP contribution >= 0.6 is 0 Å². The van der Waals surface area contributed by atoms with Crippen LogP contribution in [0.3, 0.4) is 0 Å². The van der Waals surface area contributed by atoms with Gasteiger partial charge in [0.1, 0.15) is 0 Å². The maximum atomic E-state index is 9.74. The highest BCUT2D eigenvalue weighted by Crippen LogP contribution is 2.29. The van der Waals surface area contributed by atoms with Crippen molar-refractivity contribution < 1.29 is 14.9 Å². The second kappa shape index (κ2) is 5.45. The largest absolute Gasteiger partial charge is 0.396 e. The van der Waals surface area contributed by atoms with E-state index in [1.165, 1.54) is 0 Å². The number of ether oxygens (including phenoxy) is 1. The third kappa shape index (κ3) is 4.37. The SMILES string of the molecule is CN(CC(C)(C)O)CC1(CO)CCCOC1. The van der Waals surface area contributed by atoms with E-state index in [2.05, 4.69) is 4.90 Å². The van der Waals surface area contributed by atoms with E-state index in [9.17, 15) is 10.2 Å². The Hall–Kier alpha value is -0.160. The first kappa shape index (κ1) is 13.9. The van der Waals surface area contributed by atoms with E-state index in [4.69, 9.17) is 4.74 Å². The number of rotatable bonds is 5. The van der Waals surface area contributed by atoms with Gasteiger partial charge < -0.3 is 19.8 Å². The Balaban J connectivity index is 2.48. The summed E-state index contributed by atoms with van der Waals surface area (Å²) in [4.78, 5) is 2.07. The quantitative estimate of drug-likeness (QED) is 0.722. The topological polar surface area (TPSA) is 52.9 Å². The molecule has 0 saturated carbocycles. The van der Waals surface area contributed by atoms with Crippen molar-refractivity contribution in [3.05, 3.63) is 0 Å². The molecule has 0 spiro atoms. The van der Waals surface area contributed by atoms with Gasteiger partial charge in [-0.2, -0.15) is 0 Å². The molecule has 0 amide bonds. The van der Waals surface area contributed by atoms with Gasteiger partial charge in [0.2, 0.25) is 0 Å². The third-order valence-electron chi connectivity index (χ3n) is 3.00. The summed E-state index contributed by atoms with van der Waals surface area (Å²) in [5.41, 5.74) is -0.834. The molecular formula is C12H25NO3. The van der Waals surface area contributed by atoms with Crippen LogP contribution in [-0.2, 0) is 4.74 Å². The number of hydrogen-bond donors (Lipinski definition) is 2. The molecular weight excluding hydrogens is 206 g/mol. The Kier molecular flexibility index (Phi) is 4.73. The molecule has 1 saturated heterocycles. The van der Waals surface area contributed by atoms with Crippen molar-refractivity contribution in [2.75, 3.05) is 40.0 Å². The summed E-state index contributed by atoms with van der Waals surface area (Å²) in [6.07, 6.45) is 2.01. The number of likely N-dealkylation sites (N-methyl/N-ethyl adjacent to an activating group) is 1. The van der Waals surface area contributed by atoms with Gasteiger partial charge in [-0.25, -0.2) is 0 Å². The van der Waals surface area contributed by atoms with E-state index in [-0.39, 0.29) is 12.0 Å². The Morgan fingerprint density at radius 2 is 2.12 bits per heavy atom. The summed E-state index contributed by atoms with van der Waals surface area (Å²) in [6, 6.07) is 0. The van der Waals surface area contributed by atoms with E-state index >= 15 is 0 Å². The van der Waals surface area contributed by atoms with Crippen LogP contribution in [0.25, 0.3) is 0 Å². The van der Waals surface area contributed by atoms with Crippen LogP contribution in [-0.4, -0.2) is 60.7 Å². The minimum atomic E-state index is -0.694. The van der Waals surface area contributed by atoms with Gasteiger partial charge in [-0.1, -0.05) is 0 Å². The summed E-state index contributed by atoms with van der Waals surface area (Å²) >= 11 is 0. The zero-order valence-electron chi connectivity index (χ0n) is 10.7. The maximum Gasteiger partial charge on any atom is 0.0718 e. The molecule has 1 rings (SSSR count). The predicted molar refractivity (Wildman–Crippen MR) is 63.4 cm³/mol. The van der Waals surface area contributed by atoms with Gasteiger partial charge in [0.25, 0.3) is 0 Å². The average Bonchev–Trinajstić information content (AvgIpc) is 2.16. The Bertz CT molecular complexity index is 207. The third-order valence-corrected chi connectivity index (χ3v) is 3.00. The second-order valence-corrected chi connectivity index (χ2v) is 5.80. The lowest BCUT2D eigenvalue weighted by atomic mass is 9.82. The number of hydrogen-bond acceptors (Lipinski definition) is 4. The molecule has 1 unspecified atom stereocenters. The van der Waals surface area contributed by atoms with E-state index in [1.54, 1.807) is 13.8 Å². The van der Waals surface area contributed by atoms with Crippen LogP contribution in [0.2, 0.25) is 0 Å². The first-order valence-electron chi connectivity index (χ1n) is 5.96.